The summed E-state index contributed by atoms with van der Waals surface area (Å²) in [6.45, 7) is 4.63. The fourth-order valence-electron chi connectivity index (χ4n) is 1.40. The Morgan fingerprint density at radius 3 is 2.45 bits per heavy atom. The van der Waals surface area contributed by atoms with Crippen LogP contribution >= 0.6 is 15.9 Å². The van der Waals surface area contributed by atoms with Gasteiger partial charge in [-0.2, -0.15) is 0 Å². The number of nitrogens with one attached hydrogen (secondary N) is 2. The zero-order chi connectivity index (χ0) is 16.9. The number of halogens is 2. The Bertz CT molecular complexity index is 599. The van der Waals surface area contributed by atoms with Gasteiger partial charge in [0.15, 0.2) is 6.61 Å². The van der Waals surface area contributed by atoms with Gasteiger partial charge in [-0.1, -0.05) is 0 Å². The van der Waals surface area contributed by atoms with E-state index in [0.717, 1.165) is 12.1 Å². The van der Waals surface area contributed by atoms with Gasteiger partial charge >= 0.3 is 12.0 Å². The summed E-state index contributed by atoms with van der Waals surface area (Å²) >= 11 is 3.02. The number of benzene rings is 1. The van der Waals surface area contributed by atoms with E-state index in [9.17, 15) is 18.8 Å². The molecule has 1 aromatic rings. The maximum Gasteiger partial charge on any atom is 0.339 e. The highest BCUT2D eigenvalue weighted by Crippen LogP contribution is 2.18. The van der Waals surface area contributed by atoms with E-state index in [0.29, 0.717) is 0 Å². The number of rotatable bonds is 3. The molecule has 1 aromatic carbocycles. The predicted octanol–water partition coefficient (Wildman–Crippen LogP) is 2.37. The van der Waals surface area contributed by atoms with Crippen molar-refractivity contribution in [2.24, 2.45) is 0 Å². The fraction of sp³-hybridized carbons (Fsp3) is 0.357. The molecule has 0 atom stereocenters. The van der Waals surface area contributed by atoms with E-state index in [1.54, 1.807) is 20.8 Å². The molecule has 0 fully saturated rings. The topological polar surface area (TPSA) is 84.5 Å². The minimum absolute atomic E-state index is 0.0772. The lowest BCUT2D eigenvalue weighted by atomic mass is 10.1. The van der Waals surface area contributed by atoms with Crippen molar-refractivity contribution >= 4 is 33.8 Å². The van der Waals surface area contributed by atoms with Gasteiger partial charge in [-0.3, -0.25) is 10.1 Å². The molecule has 120 valence electrons. The quantitative estimate of drug-likeness (QED) is 0.795. The molecule has 0 saturated carbocycles. The Morgan fingerprint density at radius 2 is 1.91 bits per heavy atom. The summed E-state index contributed by atoms with van der Waals surface area (Å²) in [5.74, 6) is -2.09. The Morgan fingerprint density at radius 1 is 1.27 bits per heavy atom. The summed E-state index contributed by atoms with van der Waals surface area (Å²) < 4.78 is 17.9. The zero-order valence-electron chi connectivity index (χ0n) is 12.3. The highest BCUT2D eigenvalue weighted by atomic mass is 79.9. The van der Waals surface area contributed by atoms with Crippen LogP contribution in [0.2, 0.25) is 0 Å². The summed E-state index contributed by atoms with van der Waals surface area (Å²) in [5, 5.41) is 4.55. The number of amides is 3. The molecule has 1 rings (SSSR count). The molecule has 0 radical (unpaired) electrons. The van der Waals surface area contributed by atoms with Crippen LogP contribution in [0.4, 0.5) is 9.18 Å². The van der Waals surface area contributed by atoms with Gasteiger partial charge in [0.1, 0.15) is 5.82 Å². The van der Waals surface area contributed by atoms with Crippen molar-refractivity contribution in [3.8, 4) is 0 Å². The van der Waals surface area contributed by atoms with Crippen LogP contribution in [0, 0.1) is 5.82 Å². The molecule has 2 N–H and O–H groups in total. The van der Waals surface area contributed by atoms with Crippen LogP contribution in [0.3, 0.4) is 0 Å². The number of carbonyl (C=O) groups excluding carboxylic acids is 3. The molecule has 6 nitrogen and oxygen atoms in total. The molecule has 0 aliphatic carbocycles. The smallest absolute Gasteiger partial charge is 0.339 e. The van der Waals surface area contributed by atoms with Gasteiger partial charge in [0.2, 0.25) is 0 Å². The third-order valence-corrected chi connectivity index (χ3v) is 2.88. The van der Waals surface area contributed by atoms with E-state index in [2.05, 4.69) is 21.2 Å². The van der Waals surface area contributed by atoms with Gasteiger partial charge in [0.25, 0.3) is 5.91 Å². The van der Waals surface area contributed by atoms with Crippen molar-refractivity contribution in [3.05, 3.63) is 34.1 Å². The zero-order valence-corrected chi connectivity index (χ0v) is 13.9. The average Bonchev–Trinajstić information content (AvgIpc) is 2.33. The molecule has 0 heterocycles. The van der Waals surface area contributed by atoms with E-state index in [1.807, 2.05) is 5.32 Å². The van der Waals surface area contributed by atoms with Gasteiger partial charge in [0.05, 0.1) is 5.56 Å². The number of urea groups is 1. The molecule has 8 heteroatoms. The van der Waals surface area contributed by atoms with Crippen LogP contribution in [0.5, 0.6) is 0 Å². The van der Waals surface area contributed by atoms with Gasteiger partial charge in [0, 0.05) is 10.0 Å². The molecule has 0 bridgehead atoms. The van der Waals surface area contributed by atoms with Gasteiger partial charge in [-0.15, -0.1) is 0 Å². The molecule has 0 unspecified atom stereocenters. The predicted molar refractivity (Wildman–Crippen MR) is 80.8 cm³/mol. The second kappa shape index (κ2) is 7.35. The SMILES string of the molecule is CC(C)(C)NC(=O)NC(=O)COC(=O)c1ccc(F)cc1Br. The number of imide groups is 1. The second-order valence-corrected chi connectivity index (χ2v) is 6.31. The van der Waals surface area contributed by atoms with E-state index < -0.39 is 35.9 Å². The number of ether oxygens (including phenoxy) is 1. The van der Waals surface area contributed by atoms with Crippen LogP contribution in [0.1, 0.15) is 31.1 Å². The van der Waals surface area contributed by atoms with Crippen LogP contribution in [-0.4, -0.2) is 30.1 Å². The lowest BCUT2D eigenvalue weighted by Gasteiger charge is -2.20. The van der Waals surface area contributed by atoms with E-state index in [4.69, 9.17) is 4.74 Å². The fourth-order valence-corrected chi connectivity index (χ4v) is 1.91. The van der Waals surface area contributed by atoms with Crippen molar-refractivity contribution in [2.45, 2.75) is 26.3 Å². The molecule has 0 spiro atoms. The first-order chi connectivity index (χ1) is 10.1. The minimum Gasteiger partial charge on any atom is -0.452 e. The number of esters is 1. The third-order valence-electron chi connectivity index (χ3n) is 2.23. The van der Waals surface area contributed by atoms with Crippen LogP contribution in [0.25, 0.3) is 0 Å². The molecule has 0 aromatic heterocycles. The number of hydrogen-bond acceptors (Lipinski definition) is 4. The Hall–Kier alpha value is -1.96. The van der Waals surface area contributed by atoms with Gasteiger partial charge in [-0.05, 0) is 54.9 Å². The standard InChI is InChI=1S/C14H16BrFN2O4/c1-14(2,3)18-13(21)17-11(19)7-22-12(20)9-5-4-8(16)6-10(9)15/h4-6H,7H2,1-3H3,(H2,17,18,19,21). The summed E-state index contributed by atoms with van der Waals surface area (Å²) in [6.07, 6.45) is 0. The van der Waals surface area contributed by atoms with Crippen molar-refractivity contribution in [2.75, 3.05) is 6.61 Å². The van der Waals surface area contributed by atoms with Crippen LogP contribution in [-0.2, 0) is 9.53 Å². The molecule has 22 heavy (non-hydrogen) atoms. The molecule has 0 saturated heterocycles. The van der Waals surface area contributed by atoms with E-state index in [1.165, 1.54) is 6.07 Å². The maximum atomic E-state index is 12.9. The molecule has 0 aliphatic heterocycles. The summed E-state index contributed by atoms with van der Waals surface area (Å²) in [7, 11) is 0. The van der Waals surface area contributed by atoms with E-state index >= 15 is 0 Å². The first-order valence-electron chi connectivity index (χ1n) is 6.32. The first kappa shape index (κ1) is 18.1. The van der Waals surface area contributed by atoms with Crippen molar-refractivity contribution in [1.29, 1.82) is 0 Å². The van der Waals surface area contributed by atoms with Gasteiger partial charge in [-0.25, -0.2) is 14.0 Å². The lowest BCUT2D eigenvalue weighted by molar-refractivity contribution is -0.123. The monoisotopic (exact) mass is 374 g/mol. The third kappa shape index (κ3) is 6.21. The minimum atomic E-state index is -0.807. The average molecular weight is 375 g/mol. The van der Waals surface area contributed by atoms with Crippen LogP contribution in [0.15, 0.2) is 22.7 Å². The molecule has 0 aliphatic rings. The van der Waals surface area contributed by atoms with Crippen molar-refractivity contribution in [1.82, 2.24) is 10.6 Å². The Balaban J connectivity index is 2.50. The number of hydrogen-bond donors (Lipinski definition) is 2. The van der Waals surface area contributed by atoms with Crippen molar-refractivity contribution in [3.63, 3.8) is 0 Å². The van der Waals surface area contributed by atoms with E-state index in [-0.39, 0.29) is 10.0 Å². The maximum absolute atomic E-state index is 12.9. The number of carbonyl (C=O) groups is 3. The molecular weight excluding hydrogens is 359 g/mol. The summed E-state index contributed by atoms with van der Waals surface area (Å²) in [4.78, 5) is 34.7. The highest BCUT2D eigenvalue weighted by Gasteiger charge is 2.18. The lowest BCUT2D eigenvalue weighted by Crippen LogP contribution is -2.49. The second-order valence-electron chi connectivity index (χ2n) is 5.45. The highest BCUT2D eigenvalue weighted by molar-refractivity contribution is 9.10. The van der Waals surface area contributed by atoms with Gasteiger partial charge < -0.3 is 10.1 Å². The largest absolute Gasteiger partial charge is 0.452 e. The Labute approximate surface area is 135 Å². The Kier molecular flexibility index (Phi) is 6.04. The summed E-state index contributed by atoms with van der Waals surface area (Å²) in [6, 6.07) is 2.74. The van der Waals surface area contributed by atoms with Crippen LogP contribution < -0.4 is 10.6 Å². The molecule has 3 amide bonds. The van der Waals surface area contributed by atoms with Crippen molar-refractivity contribution < 1.29 is 23.5 Å². The molecular formula is C14H16BrFN2O4. The normalized spacial score (nSPS) is 10.8. The first-order valence-corrected chi connectivity index (χ1v) is 7.12. The summed E-state index contributed by atoms with van der Waals surface area (Å²) in [5.41, 5.74) is -0.423.